The summed E-state index contributed by atoms with van der Waals surface area (Å²) >= 11 is 1.76. The summed E-state index contributed by atoms with van der Waals surface area (Å²) in [6, 6.07) is 60.2. The van der Waals surface area contributed by atoms with Crippen LogP contribution in [0.3, 0.4) is 0 Å². The van der Waals surface area contributed by atoms with Gasteiger partial charge in [-0.1, -0.05) is 133 Å². The minimum atomic E-state index is 0.686. The quantitative estimate of drug-likeness (QED) is 0.186. The molecule has 0 aliphatic rings. The van der Waals surface area contributed by atoms with Crippen LogP contribution in [-0.4, -0.2) is 9.97 Å². The van der Waals surface area contributed by atoms with Gasteiger partial charge in [0.15, 0.2) is 5.82 Å². The maximum Gasteiger partial charge on any atom is 0.161 e. The molecule has 242 valence electrons. The van der Waals surface area contributed by atoms with Crippen molar-refractivity contribution in [2.45, 2.75) is 0 Å². The van der Waals surface area contributed by atoms with Crippen molar-refractivity contribution in [2.24, 2.45) is 0 Å². The molecule has 0 aliphatic carbocycles. The van der Waals surface area contributed by atoms with Crippen molar-refractivity contribution in [2.75, 3.05) is 0 Å². The van der Waals surface area contributed by atoms with Crippen molar-refractivity contribution < 1.29 is 4.42 Å². The standard InChI is InChI=1S/C48H28N2OS/c1-2-10-29(11-3-1)31-18-21-32(22-19-31)37-24-25-39(43-40-27-34-14-6-7-15-35(34)28-41(40)51-46(37)43)48-49-44(36-23-20-30-12-4-5-13-33(30)26-36)47-45(50-48)38-16-8-9-17-42(38)52-47/h1-28H. The highest BCUT2D eigenvalue weighted by molar-refractivity contribution is 7.26. The van der Waals surface area contributed by atoms with Crippen LogP contribution in [0, 0.1) is 0 Å². The van der Waals surface area contributed by atoms with Gasteiger partial charge in [0.2, 0.25) is 0 Å². The van der Waals surface area contributed by atoms with Gasteiger partial charge in [-0.15, -0.1) is 11.3 Å². The molecule has 11 aromatic rings. The molecule has 0 saturated heterocycles. The van der Waals surface area contributed by atoms with Crippen LogP contribution in [0.15, 0.2) is 174 Å². The predicted octanol–water partition coefficient (Wildman–Crippen LogP) is 13.7. The number of thiophene rings is 1. The summed E-state index contributed by atoms with van der Waals surface area (Å²) in [6.45, 7) is 0. The van der Waals surface area contributed by atoms with Gasteiger partial charge in [0, 0.05) is 37.5 Å². The SMILES string of the molecule is c1ccc(-c2ccc(-c3ccc(-c4nc(-c5ccc6ccccc6c5)c5sc6ccccc6c5n4)c4c3oc3cc5ccccc5cc34)cc2)cc1. The van der Waals surface area contributed by atoms with Gasteiger partial charge in [-0.3, -0.25) is 0 Å². The second-order valence-corrected chi connectivity index (χ2v) is 14.4. The van der Waals surface area contributed by atoms with Crippen molar-refractivity contribution in [1.82, 2.24) is 9.97 Å². The first kappa shape index (κ1) is 29.1. The Kier molecular flexibility index (Phi) is 6.42. The van der Waals surface area contributed by atoms with Gasteiger partial charge in [0.25, 0.3) is 0 Å². The van der Waals surface area contributed by atoms with Gasteiger partial charge in [0.05, 0.1) is 15.9 Å². The third-order valence-electron chi connectivity index (χ3n) is 10.3. The molecule has 3 aromatic heterocycles. The Labute approximate surface area is 303 Å². The van der Waals surface area contributed by atoms with E-state index in [1.807, 2.05) is 6.07 Å². The smallest absolute Gasteiger partial charge is 0.161 e. The van der Waals surface area contributed by atoms with Crippen molar-refractivity contribution in [3.05, 3.63) is 170 Å². The van der Waals surface area contributed by atoms with Gasteiger partial charge in [-0.05, 0) is 74.6 Å². The largest absolute Gasteiger partial charge is 0.455 e. The van der Waals surface area contributed by atoms with Gasteiger partial charge >= 0.3 is 0 Å². The van der Waals surface area contributed by atoms with E-state index in [4.69, 9.17) is 14.4 Å². The molecule has 11 rings (SSSR count). The molecule has 0 saturated carbocycles. The molecular formula is C48H28N2OS. The second-order valence-electron chi connectivity index (χ2n) is 13.3. The van der Waals surface area contributed by atoms with Gasteiger partial charge in [-0.25, -0.2) is 9.97 Å². The van der Waals surface area contributed by atoms with Crippen LogP contribution in [0.5, 0.6) is 0 Å². The first-order valence-corrected chi connectivity index (χ1v) is 18.3. The van der Waals surface area contributed by atoms with E-state index in [2.05, 4.69) is 164 Å². The van der Waals surface area contributed by atoms with E-state index in [0.717, 1.165) is 70.9 Å². The monoisotopic (exact) mass is 680 g/mol. The molecule has 0 aliphatic heterocycles. The van der Waals surface area contributed by atoms with Gasteiger partial charge in [-0.2, -0.15) is 0 Å². The van der Waals surface area contributed by atoms with E-state index in [0.29, 0.717) is 5.82 Å². The number of nitrogens with zero attached hydrogens (tertiary/aromatic N) is 2. The Morgan fingerprint density at radius 1 is 0.442 bits per heavy atom. The van der Waals surface area contributed by atoms with Crippen molar-refractivity contribution in [3.8, 4) is 44.9 Å². The molecule has 3 heterocycles. The van der Waals surface area contributed by atoms with Gasteiger partial charge < -0.3 is 4.42 Å². The van der Waals surface area contributed by atoms with Crippen LogP contribution in [-0.2, 0) is 0 Å². The Morgan fingerprint density at radius 2 is 1.08 bits per heavy atom. The lowest BCUT2D eigenvalue weighted by molar-refractivity contribution is 0.670. The zero-order chi connectivity index (χ0) is 34.2. The number of fused-ring (bicyclic) bond motifs is 8. The van der Waals surface area contributed by atoms with Crippen LogP contribution >= 0.6 is 11.3 Å². The summed E-state index contributed by atoms with van der Waals surface area (Å²) in [5.74, 6) is 0.686. The number of benzene rings is 8. The molecule has 0 fully saturated rings. The third kappa shape index (κ3) is 4.58. The lowest BCUT2D eigenvalue weighted by Gasteiger charge is -2.11. The molecule has 0 amide bonds. The summed E-state index contributed by atoms with van der Waals surface area (Å²) in [4.78, 5) is 10.8. The average molecular weight is 681 g/mol. The van der Waals surface area contributed by atoms with E-state index in [-0.39, 0.29) is 0 Å². The van der Waals surface area contributed by atoms with E-state index in [1.54, 1.807) is 11.3 Å². The lowest BCUT2D eigenvalue weighted by Crippen LogP contribution is -1.95. The molecule has 8 aromatic carbocycles. The number of hydrogen-bond donors (Lipinski definition) is 0. The molecule has 0 radical (unpaired) electrons. The number of aromatic nitrogens is 2. The van der Waals surface area contributed by atoms with E-state index < -0.39 is 0 Å². The topological polar surface area (TPSA) is 38.9 Å². The van der Waals surface area contributed by atoms with Crippen LogP contribution < -0.4 is 0 Å². The average Bonchev–Trinajstić information content (AvgIpc) is 3.78. The zero-order valence-electron chi connectivity index (χ0n) is 27.9. The van der Waals surface area contributed by atoms with E-state index in [9.17, 15) is 0 Å². The molecule has 0 spiro atoms. The zero-order valence-corrected chi connectivity index (χ0v) is 28.7. The maximum absolute atomic E-state index is 6.88. The Morgan fingerprint density at radius 3 is 1.90 bits per heavy atom. The highest BCUT2D eigenvalue weighted by Crippen LogP contribution is 2.45. The highest BCUT2D eigenvalue weighted by atomic mass is 32.1. The van der Waals surface area contributed by atoms with Crippen molar-refractivity contribution >= 4 is 75.1 Å². The van der Waals surface area contributed by atoms with Crippen LogP contribution in [0.2, 0.25) is 0 Å². The summed E-state index contributed by atoms with van der Waals surface area (Å²) in [5.41, 5.74) is 10.1. The van der Waals surface area contributed by atoms with Crippen molar-refractivity contribution in [1.29, 1.82) is 0 Å². The molecule has 52 heavy (non-hydrogen) atoms. The molecule has 0 bridgehead atoms. The fourth-order valence-electron chi connectivity index (χ4n) is 7.70. The van der Waals surface area contributed by atoms with E-state index >= 15 is 0 Å². The highest BCUT2D eigenvalue weighted by Gasteiger charge is 2.22. The van der Waals surface area contributed by atoms with Crippen molar-refractivity contribution in [3.63, 3.8) is 0 Å². The summed E-state index contributed by atoms with van der Waals surface area (Å²) in [7, 11) is 0. The molecule has 0 atom stereocenters. The van der Waals surface area contributed by atoms with Gasteiger partial charge in [0.1, 0.15) is 11.2 Å². The van der Waals surface area contributed by atoms with Crippen LogP contribution in [0.25, 0.3) is 109 Å². The Bertz CT molecular complexity index is 3180. The molecule has 3 nitrogen and oxygen atoms in total. The summed E-state index contributed by atoms with van der Waals surface area (Å²) in [6.07, 6.45) is 0. The number of rotatable bonds is 4. The fourth-order valence-corrected chi connectivity index (χ4v) is 8.85. The predicted molar refractivity (Wildman–Crippen MR) is 219 cm³/mol. The molecule has 0 unspecified atom stereocenters. The summed E-state index contributed by atoms with van der Waals surface area (Å²) in [5, 5.41) is 7.92. The summed E-state index contributed by atoms with van der Waals surface area (Å²) < 4.78 is 9.17. The van der Waals surface area contributed by atoms with E-state index in [1.165, 1.54) is 32.0 Å². The molecular weight excluding hydrogens is 653 g/mol. The minimum Gasteiger partial charge on any atom is -0.455 e. The fraction of sp³-hybridized carbons (Fsp3) is 0. The Hall–Kier alpha value is -6.62. The van der Waals surface area contributed by atoms with Crippen LogP contribution in [0.4, 0.5) is 0 Å². The normalized spacial score (nSPS) is 11.8. The minimum absolute atomic E-state index is 0.686. The third-order valence-corrected chi connectivity index (χ3v) is 11.4. The molecule has 0 N–H and O–H groups in total. The lowest BCUT2D eigenvalue weighted by atomic mass is 9.95. The first-order valence-electron chi connectivity index (χ1n) is 17.5. The first-order chi connectivity index (χ1) is 25.7. The maximum atomic E-state index is 6.88. The second kappa shape index (κ2) is 11.5. The molecule has 4 heteroatoms. The number of furan rings is 1. The number of hydrogen-bond acceptors (Lipinski definition) is 4. The Balaban J connectivity index is 1.19. The van der Waals surface area contributed by atoms with Crippen LogP contribution in [0.1, 0.15) is 0 Å².